The molecule has 6 unspecified atom stereocenters. The highest BCUT2D eigenvalue weighted by Crippen LogP contribution is 2.45. The normalized spacial score (nSPS) is 38.2. The first-order chi connectivity index (χ1) is 13.9. The molecule has 6 atom stereocenters. The molecule has 5 rings (SSSR count). The van der Waals surface area contributed by atoms with Gasteiger partial charge in [0.25, 0.3) is 0 Å². The van der Waals surface area contributed by atoms with E-state index < -0.39 is 5.97 Å². The van der Waals surface area contributed by atoms with Crippen LogP contribution in [0, 0.1) is 40.9 Å². The van der Waals surface area contributed by atoms with E-state index in [1.54, 1.807) is 0 Å². The van der Waals surface area contributed by atoms with Gasteiger partial charge in [0.1, 0.15) is 0 Å². The third kappa shape index (κ3) is 4.02. The molecule has 4 bridgehead atoms. The van der Waals surface area contributed by atoms with E-state index in [4.69, 9.17) is 5.11 Å². The molecule has 6 nitrogen and oxygen atoms in total. The summed E-state index contributed by atoms with van der Waals surface area (Å²) in [4.78, 5) is 25.0. The molecular formula is C23H33NO5. The summed E-state index contributed by atoms with van der Waals surface area (Å²) >= 11 is 0. The first-order valence-electron chi connectivity index (χ1n) is 11.0. The van der Waals surface area contributed by atoms with Gasteiger partial charge < -0.3 is 20.2 Å². The van der Waals surface area contributed by atoms with Crippen LogP contribution in [-0.2, 0) is 9.59 Å². The number of allylic oxidation sites excluding steroid dienone is 4. The van der Waals surface area contributed by atoms with Crippen LogP contribution in [-0.4, -0.2) is 58.4 Å². The highest BCUT2D eigenvalue weighted by Gasteiger charge is 2.43. The number of amides is 1. The smallest absolute Gasteiger partial charge is 0.307 e. The minimum Gasteiger partial charge on any atom is -0.481 e. The number of piperidine rings is 1. The van der Waals surface area contributed by atoms with E-state index in [0.29, 0.717) is 55.5 Å². The van der Waals surface area contributed by atoms with Crippen LogP contribution >= 0.6 is 0 Å². The van der Waals surface area contributed by atoms with Crippen molar-refractivity contribution in [3.05, 3.63) is 24.3 Å². The van der Waals surface area contributed by atoms with Crippen LogP contribution in [0.5, 0.6) is 0 Å². The number of rotatable bonds is 4. The third-order valence-corrected chi connectivity index (χ3v) is 8.00. The average molecular weight is 404 g/mol. The Kier molecular flexibility index (Phi) is 5.85. The van der Waals surface area contributed by atoms with Crippen molar-refractivity contribution in [2.45, 2.75) is 38.5 Å². The summed E-state index contributed by atoms with van der Waals surface area (Å²) in [6.07, 6.45) is 14.2. The molecule has 29 heavy (non-hydrogen) atoms. The van der Waals surface area contributed by atoms with Gasteiger partial charge in [-0.1, -0.05) is 24.3 Å². The lowest BCUT2D eigenvalue weighted by molar-refractivity contribution is -0.142. The molecule has 0 aromatic heterocycles. The number of carboxylic acid groups (broad SMARTS) is 1. The van der Waals surface area contributed by atoms with Gasteiger partial charge in [0, 0.05) is 24.4 Å². The Balaban J connectivity index is 0.000000171. The topological polar surface area (TPSA) is 98.1 Å². The van der Waals surface area contributed by atoms with E-state index >= 15 is 0 Å². The van der Waals surface area contributed by atoms with Gasteiger partial charge in [-0.2, -0.15) is 0 Å². The summed E-state index contributed by atoms with van der Waals surface area (Å²) in [6.45, 7) is 1.39. The fourth-order valence-corrected chi connectivity index (χ4v) is 5.93. The molecule has 4 aliphatic carbocycles. The van der Waals surface area contributed by atoms with Crippen LogP contribution < -0.4 is 0 Å². The van der Waals surface area contributed by atoms with E-state index in [0.717, 1.165) is 25.7 Å². The van der Waals surface area contributed by atoms with E-state index in [1.807, 2.05) is 4.90 Å². The van der Waals surface area contributed by atoms with E-state index in [9.17, 15) is 19.8 Å². The maximum absolute atomic E-state index is 12.5. The molecule has 1 saturated heterocycles. The molecule has 0 aromatic carbocycles. The summed E-state index contributed by atoms with van der Waals surface area (Å²) < 4.78 is 0. The van der Waals surface area contributed by atoms with E-state index in [1.165, 1.54) is 0 Å². The maximum Gasteiger partial charge on any atom is 0.307 e. The van der Waals surface area contributed by atoms with Gasteiger partial charge in [0.05, 0.1) is 19.1 Å². The number of aliphatic hydroxyl groups excluding tert-OH is 2. The van der Waals surface area contributed by atoms with Crippen molar-refractivity contribution in [2.75, 3.05) is 26.3 Å². The monoisotopic (exact) mass is 403 g/mol. The van der Waals surface area contributed by atoms with Crippen molar-refractivity contribution in [3.8, 4) is 0 Å². The van der Waals surface area contributed by atoms with Gasteiger partial charge in [-0.05, 0) is 62.2 Å². The van der Waals surface area contributed by atoms with Gasteiger partial charge in [-0.3, -0.25) is 9.59 Å². The molecule has 1 aliphatic heterocycles. The second kappa shape index (κ2) is 8.23. The molecule has 0 spiro atoms. The molecule has 1 heterocycles. The van der Waals surface area contributed by atoms with Crippen molar-refractivity contribution < 1.29 is 24.9 Å². The fourth-order valence-electron chi connectivity index (χ4n) is 5.93. The fraction of sp³-hybridized carbons (Fsp3) is 0.739. The second-order valence-electron chi connectivity index (χ2n) is 9.75. The lowest BCUT2D eigenvalue weighted by atomic mass is 9.79. The number of hydrogen-bond donors (Lipinski definition) is 3. The average Bonchev–Trinajstić information content (AvgIpc) is 3.55. The van der Waals surface area contributed by atoms with E-state index in [2.05, 4.69) is 24.3 Å². The number of nitrogens with zero attached hydrogens (tertiary/aromatic N) is 1. The third-order valence-electron chi connectivity index (χ3n) is 8.00. The molecular weight excluding hydrogens is 370 g/mol. The standard InChI is InChI=1S/C15H23NO3.C8H10O2/c17-9-15(10-18)3-5-16(6-4-15)14(19)13-8-11-1-2-12(13)7-11;9-8(10)7-4-5-1-2-6(7)3-5/h1-2,11-13,17-18H,3-10H2;1-2,5-7H,3-4H2,(H,9,10). The zero-order valence-electron chi connectivity index (χ0n) is 16.9. The van der Waals surface area contributed by atoms with Crippen LogP contribution in [0.4, 0.5) is 0 Å². The Morgan fingerprint density at radius 2 is 1.34 bits per heavy atom. The molecule has 5 aliphatic rings. The van der Waals surface area contributed by atoms with Crippen molar-refractivity contribution in [2.24, 2.45) is 40.9 Å². The largest absolute Gasteiger partial charge is 0.481 e. The summed E-state index contributed by atoms with van der Waals surface area (Å²) in [5.74, 6) is 1.80. The van der Waals surface area contributed by atoms with Crippen LogP contribution in [0.3, 0.4) is 0 Å². The number of carbonyl (C=O) groups excluding carboxylic acids is 1. The van der Waals surface area contributed by atoms with Crippen LogP contribution in [0.2, 0.25) is 0 Å². The predicted octanol–water partition coefficient (Wildman–Crippen LogP) is 2.08. The minimum absolute atomic E-state index is 0.0163. The number of aliphatic hydroxyl groups is 2. The van der Waals surface area contributed by atoms with Crippen LogP contribution in [0.15, 0.2) is 24.3 Å². The summed E-state index contributed by atoms with van der Waals surface area (Å²) in [6, 6.07) is 0. The summed E-state index contributed by atoms with van der Waals surface area (Å²) in [7, 11) is 0. The van der Waals surface area contributed by atoms with Crippen molar-refractivity contribution in [3.63, 3.8) is 0 Å². The van der Waals surface area contributed by atoms with Gasteiger partial charge in [-0.25, -0.2) is 0 Å². The number of carbonyl (C=O) groups is 2. The number of hydrogen-bond acceptors (Lipinski definition) is 4. The van der Waals surface area contributed by atoms with Gasteiger partial charge in [0.2, 0.25) is 5.91 Å². The molecule has 2 saturated carbocycles. The second-order valence-corrected chi connectivity index (χ2v) is 9.75. The summed E-state index contributed by atoms with van der Waals surface area (Å²) in [5.41, 5.74) is -0.370. The van der Waals surface area contributed by atoms with Crippen molar-refractivity contribution >= 4 is 11.9 Å². The number of carboxylic acids is 1. The van der Waals surface area contributed by atoms with Gasteiger partial charge in [-0.15, -0.1) is 0 Å². The first kappa shape index (κ1) is 20.6. The zero-order chi connectivity index (χ0) is 20.6. The Morgan fingerprint density at radius 3 is 1.69 bits per heavy atom. The van der Waals surface area contributed by atoms with E-state index in [-0.39, 0.29) is 30.5 Å². The highest BCUT2D eigenvalue weighted by molar-refractivity contribution is 5.80. The number of aliphatic carboxylic acids is 1. The molecule has 3 N–H and O–H groups in total. The Bertz CT molecular complexity index is 687. The molecule has 160 valence electrons. The molecule has 3 fully saturated rings. The van der Waals surface area contributed by atoms with Gasteiger partial charge in [0.15, 0.2) is 0 Å². The molecule has 6 heteroatoms. The number of likely N-dealkylation sites (tertiary alicyclic amines) is 1. The Morgan fingerprint density at radius 1 is 0.828 bits per heavy atom. The van der Waals surface area contributed by atoms with Crippen molar-refractivity contribution in [1.82, 2.24) is 4.90 Å². The maximum atomic E-state index is 12.5. The first-order valence-corrected chi connectivity index (χ1v) is 11.0. The zero-order valence-corrected chi connectivity index (χ0v) is 16.9. The molecule has 1 amide bonds. The summed E-state index contributed by atoms with van der Waals surface area (Å²) in [5, 5.41) is 27.5. The highest BCUT2D eigenvalue weighted by atomic mass is 16.4. The molecule has 0 radical (unpaired) electrons. The van der Waals surface area contributed by atoms with Crippen LogP contribution in [0.25, 0.3) is 0 Å². The minimum atomic E-state index is -0.614. The molecule has 0 aromatic rings. The van der Waals surface area contributed by atoms with Crippen LogP contribution in [0.1, 0.15) is 38.5 Å². The number of fused-ring (bicyclic) bond motifs is 4. The van der Waals surface area contributed by atoms with Crippen molar-refractivity contribution in [1.29, 1.82) is 0 Å². The quantitative estimate of drug-likeness (QED) is 0.625. The van der Waals surface area contributed by atoms with Gasteiger partial charge >= 0.3 is 5.97 Å². The predicted molar refractivity (Wildman–Crippen MR) is 108 cm³/mol. The Hall–Kier alpha value is -1.66. The SMILES string of the molecule is O=C(C1CC2C=CC1C2)N1CCC(CO)(CO)CC1.O=C(O)C1CC2C=CC1C2. The lowest BCUT2D eigenvalue weighted by Crippen LogP contribution is -2.48. The lowest BCUT2D eigenvalue weighted by Gasteiger charge is -2.40. The Labute approximate surface area is 172 Å².